The molecular weight excluding hydrogens is 339 g/mol. The van der Waals surface area contributed by atoms with Gasteiger partial charge in [-0.25, -0.2) is 9.37 Å². The Hall–Kier alpha value is -3.74. The number of hydrogen-bond donors (Lipinski definition) is 2. The molecule has 2 aromatic carbocycles. The van der Waals surface area contributed by atoms with Crippen molar-refractivity contribution in [2.75, 3.05) is 0 Å². The van der Waals surface area contributed by atoms with E-state index in [4.69, 9.17) is 10.5 Å². The van der Waals surface area contributed by atoms with Crippen LogP contribution in [0.15, 0.2) is 54.7 Å². The maximum atomic E-state index is 13.3. The number of phenolic OH excluding ortho intramolecular Hbond substituents is 1. The van der Waals surface area contributed by atoms with E-state index in [-0.39, 0.29) is 17.2 Å². The van der Waals surface area contributed by atoms with Gasteiger partial charge in [0.15, 0.2) is 0 Å². The first-order chi connectivity index (χ1) is 12.5. The first-order valence-electron chi connectivity index (χ1n) is 7.49. The molecule has 1 amide bonds. The summed E-state index contributed by atoms with van der Waals surface area (Å²) in [5, 5.41) is 9.73. The molecular formula is C19H13FN2O4. The Labute approximate surface area is 147 Å². The minimum absolute atomic E-state index is 0.0489. The smallest absolute Gasteiger partial charge is 0.254 e. The monoisotopic (exact) mass is 352 g/mol. The van der Waals surface area contributed by atoms with Crippen LogP contribution in [0.5, 0.6) is 17.4 Å². The van der Waals surface area contributed by atoms with Crippen molar-refractivity contribution >= 4 is 12.2 Å². The number of benzene rings is 2. The predicted octanol–water partition coefficient (Wildman–Crippen LogP) is 3.30. The van der Waals surface area contributed by atoms with Gasteiger partial charge >= 0.3 is 0 Å². The number of carbonyl (C=O) groups excluding carboxylic acids is 2. The van der Waals surface area contributed by atoms with Crippen molar-refractivity contribution in [1.82, 2.24) is 4.98 Å². The number of primary amides is 1. The summed E-state index contributed by atoms with van der Waals surface area (Å²) in [5.41, 5.74) is 6.61. The largest absolute Gasteiger partial charge is 0.508 e. The number of aldehydes is 1. The van der Waals surface area contributed by atoms with E-state index in [0.717, 1.165) is 12.3 Å². The van der Waals surface area contributed by atoms with Gasteiger partial charge in [0.1, 0.15) is 29.2 Å². The van der Waals surface area contributed by atoms with Gasteiger partial charge in [0.25, 0.3) is 5.91 Å². The summed E-state index contributed by atoms with van der Waals surface area (Å²) in [7, 11) is 0. The number of hydrogen-bond acceptors (Lipinski definition) is 5. The van der Waals surface area contributed by atoms with E-state index in [9.17, 15) is 19.1 Å². The van der Waals surface area contributed by atoms with Gasteiger partial charge in [0.2, 0.25) is 5.88 Å². The molecule has 7 heteroatoms. The molecule has 0 radical (unpaired) electrons. The molecule has 0 saturated carbocycles. The Morgan fingerprint density at radius 2 is 1.96 bits per heavy atom. The van der Waals surface area contributed by atoms with Crippen LogP contribution in [0, 0.1) is 5.82 Å². The van der Waals surface area contributed by atoms with Gasteiger partial charge in [-0.15, -0.1) is 0 Å². The average Bonchev–Trinajstić information content (AvgIpc) is 2.62. The Balaban J connectivity index is 1.98. The Kier molecular flexibility index (Phi) is 4.62. The fraction of sp³-hybridized carbons (Fsp3) is 0. The molecule has 0 atom stereocenters. The van der Waals surface area contributed by atoms with Gasteiger partial charge in [-0.05, 0) is 47.5 Å². The van der Waals surface area contributed by atoms with E-state index in [2.05, 4.69) is 4.98 Å². The normalized spacial score (nSPS) is 10.3. The van der Waals surface area contributed by atoms with Crippen molar-refractivity contribution in [3.8, 4) is 28.5 Å². The summed E-state index contributed by atoms with van der Waals surface area (Å²) in [4.78, 5) is 26.2. The van der Waals surface area contributed by atoms with Crippen molar-refractivity contribution in [1.29, 1.82) is 0 Å². The second kappa shape index (κ2) is 7.02. The highest BCUT2D eigenvalue weighted by Gasteiger charge is 2.14. The number of amides is 1. The fourth-order valence-corrected chi connectivity index (χ4v) is 2.40. The number of halogens is 1. The van der Waals surface area contributed by atoms with Gasteiger partial charge in [-0.1, -0.05) is 12.1 Å². The summed E-state index contributed by atoms with van der Waals surface area (Å²) >= 11 is 0. The first-order valence-corrected chi connectivity index (χ1v) is 7.49. The zero-order chi connectivity index (χ0) is 18.7. The van der Waals surface area contributed by atoms with Crippen LogP contribution in [-0.2, 0) is 0 Å². The maximum Gasteiger partial charge on any atom is 0.254 e. The maximum absolute atomic E-state index is 13.3. The number of aromatic nitrogens is 1. The second-order valence-corrected chi connectivity index (χ2v) is 5.43. The molecule has 6 nitrogen and oxygen atoms in total. The van der Waals surface area contributed by atoms with Crippen molar-refractivity contribution in [2.24, 2.45) is 5.73 Å². The van der Waals surface area contributed by atoms with Gasteiger partial charge in [0, 0.05) is 5.56 Å². The Bertz CT molecular complexity index is 1000. The van der Waals surface area contributed by atoms with Crippen LogP contribution >= 0.6 is 0 Å². The van der Waals surface area contributed by atoms with Crippen LogP contribution in [0.4, 0.5) is 4.39 Å². The highest BCUT2D eigenvalue weighted by molar-refractivity contribution is 5.95. The zero-order valence-electron chi connectivity index (χ0n) is 13.3. The molecule has 1 heterocycles. The van der Waals surface area contributed by atoms with Crippen molar-refractivity contribution < 1.29 is 23.8 Å². The van der Waals surface area contributed by atoms with E-state index < -0.39 is 11.7 Å². The summed E-state index contributed by atoms with van der Waals surface area (Å²) in [6.45, 7) is 0. The molecule has 0 unspecified atom stereocenters. The van der Waals surface area contributed by atoms with Crippen LogP contribution in [0.25, 0.3) is 11.1 Å². The van der Waals surface area contributed by atoms with Gasteiger partial charge in [0.05, 0.1) is 6.20 Å². The van der Waals surface area contributed by atoms with Crippen molar-refractivity contribution in [3.05, 3.63) is 71.7 Å². The van der Waals surface area contributed by atoms with Gasteiger partial charge < -0.3 is 15.6 Å². The highest BCUT2D eigenvalue weighted by atomic mass is 19.1. The Morgan fingerprint density at radius 3 is 2.69 bits per heavy atom. The lowest BCUT2D eigenvalue weighted by Crippen LogP contribution is -2.13. The van der Waals surface area contributed by atoms with Gasteiger partial charge in [-0.3, -0.25) is 9.59 Å². The number of phenols is 1. The second-order valence-electron chi connectivity index (χ2n) is 5.43. The minimum atomic E-state index is -0.869. The topological polar surface area (TPSA) is 103 Å². The molecule has 3 rings (SSSR count). The van der Waals surface area contributed by atoms with E-state index in [1.165, 1.54) is 12.1 Å². The molecule has 26 heavy (non-hydrogen) atoms. The predicted molar refractivity (Wildman–Crippen MR) is 91.7 cm³/mol. The SMILES string of the molecule is NC(=O)c1cc(F)cnc1Oc1cccc(-c2cc(O)cc(C=O)c2)c1. The molecule has 0 spiro atoms. The molecule has 3 aromatic rings. The molecule has 0 aliphatic carbocycles. The molecule has 3 N–H and O–H groups in total. The highest BCUT2D eigenvalue weighted by Crippen LogP contribution is 2.30. The van der Waals surface area contributed by atoms with Crippen LogP contribution in [0.1, 0.15) is 20.7 Å². The average molecular weight is 352 g/mol. The lowest BCUT2D eigenvalue weighted by Gasteiger charge is -2.10. The third-order valence-electron chi connectivity index (χ3n) is 3.54. The third-order valence-corrected chi connectivity index (χ3v) is 3.54. The quantitative estimate of drug-likeness (QED) is 0.686. The van der Waals surface area contributed by atoms with Crippen LogP contribution in [0.3, 0.4) is 0 Å². The van der Waals surface area contributed by atoms with E-state index in [1.807, 2.05) is 0 Å². The number of aromatic hydroxyl groups is 1. The van der Waals surface area contributed by atoms with Crippen molar-refractivity contribution in [3.63, 3.8) is 0 Å². The Morgan fingerprint density at radius 1 is 1.15 bits per heavy atom. The summed E-state index contributed by atoms with van der Waals surface area (Å²) < 4.78 is 18.8. The van der Waals surface area contributed by atoms with Gasteiger partial charge in [-0.2, -0.15) is 0 Å². The number of pyridine rings is 1. The molecule has 0 bridgehead atoms. The first kappa shape index (κ1) is 17.1. The standard InChI is InChI=1S/C19H13FN2O4/c20-14-8-17(18(21)25)19(22-9-14)26-16-3-1-2-12(7-16)13-4-11(10-23)5-15(24)6-13/h1-10,24H,(H2,21,25). The number of ether oxygens (including phenoxy) is 1. The molecule has 1 aromatic heterocycles. The lowest BCUT2D eigenvalue weighted by atomic mass is 10.0. The number of carbonyl (C=O) groups is 2. The molecule has 0 fully saturated rings. The van der Waals surface area contributed by atoms with Crippen LogP contribution < -0.4 is 10.5 Å². The molecule has 0 aliphatic heterocycles. The number of nitrogens with zero attached hydrogens (tertiary/aromatic N) is 1. The fourth-order valence-electron chi connectivity index (χ4n) is 2.40. The van der Waals surface area contributed by atoms with E-state index in [0.29, 0.717) is 28.7 Å². The van der Waals surface area contributed by atoms with Crippen LogP contribution in [-0.4, -0.2) is 22.3 Å². The molecule has 0 aliphatic rings. The van der Waals surface area contributed by atoms with E-state index in [1.54, 1.807) is 30.3 Å². The van der Waals surface area contributed by atoms with Crippen LogP contribution in [0.2, 0.25) is 0 Å². The van der Waals surface area contributed by atoms with Crippen molar-refractivity contribution in [2.45, 2.75) is 0 Å². The summed E-state index contributed by atoms with van der Waals surface area (Å²) in [6.07, 6.45) is 1.54. The molecule has 0 saturated heterocycles. The number of nitrogens with two attached hydrogens (primary N) is 1. The third kappa shape index (κ3) is 3.67. The lowest BCUT2D eigenvalue weighted by molar-refractivity contribution is 0.0996. The number of rotatable bonds is 5. The zero-order valence-corrected chi connectivity index (χ0v) is 13.3. The minimum Gasteiger partial charge on any atom is -0.508 e. The molecule has 130 valence electrons. The summed E-state index contributed by atoms with van der Waals surface area (Å²) in [6, 6.07) is 12.1. The summed E-state index contributed by atoms with van der Waals surface area (Å²) in [5.74, 6) is -1.43. The van der Waals surface area contributed by atoms with E-state index >= 15 is 0 Å².